The molecule has 1 fully saturated rings. The van der Waals surface area contributed by atoms with Crippen LogP contribution in [0, 0.1) is 0 Å². The molecule has 1 aromatic rings. The van der Waals surface area contributed by atoms with Crippen LogP contribution in [-0.4, -0.2) is 44.4 Å². The Hall–Kier alpha value is -1.60. The number of fused-ring (bicyclic) bond motifs is 1. The highest BCUT2D eigenvalue weighted by atomic mass is 32.2. The molecule has 1 aliphatic heterocycles. The van der Waals surface area contributed by atoms with Crippen molar-refractivity contribution in [2.75, 3.05) is 17.1 Å². The summed E-state index contributed by atoms with van der Waals surface area (Å²) >= 11 is 0. The molecular formula is C17H24N2O4S. The zero-order valence-electron chi connectivity index (χ0n) is 13.9. The van der Waals surface area contributed by atoms with Crippen LogP contribution in [0.4, 0.5) is 5.69 Å². The number of aliphatic hydroxyl groups is 1. The summed E-state index contributed by atoms with van der Waals surface area (Å²) in [7, 11) is -3.29. The van der Waals surface area contributed by atoms with Crippen molar-refractivity contribution in [2.45, 2.75) is 50.7 Å². The summed E-state index contributed by atoms with van der Waals surface area (Å²) in [5.74, 6) is -0.129. The summed E-state index contributed by atoms with van der Waals surface area (Å²) in [5, 5.41) is 12.6. The minimum Gasteiger partial charge on any atom is -0.393 e. The molecule has 1 saturated carbocycles. The Kier molecular flexibility index (Phi) is 4.83. The second kappa shape index (κ2) is 6.72. The second-order valence-electron chi connectivity index (χ2n) is 6.76. The third-order valence-electron chi connectivity index (χ3n) is 4.85. The maximum atomic E-state index is 12.5. The van der Waals surface area contributed by atoms with Crippen LogP contribution in [0.1, 0.15) is 48.0 Å². The third kappa shape index (κ3) is 3.72. The number of sulfonamides is 1. The van der Waals surface area contributed by atoms with E-state index in [0.717, 1.165) is 44.1 Å². The number of amides is 1. The number of benzene rings is 1. The van der Waals surface area contributed by atoms with Crippen molar-refractivity contribution >= 4 is 21.6 Å². The highest BCUT2D eigenvalue weighted by Gasteiger charge is 2.26. The lowest BCUT2D eigenvalue weighted by molar-refractivity contribution is 0.0867. The van der Waals surface area contributed by atoms with Crippen molar-refractivity contribution in [1.29, 1.82) is 0 Å². The van der Waals surface area contributed by atoms with Gasteiger partial charge in [0, 0.05) is 18.2 Å². The summed E-state index contributed by atoms with van der Waals surface area (Å²) in [5.41, 5.74) is 2.15. The topological polar surface area (TPSA) is 86.7 Å². The van der Waals surface area contributed by atoms with E-state index in [0.29, 0.717) is 17.8 Å². The molecular weight excluding hydrogens is 328 g/mol. The number of nitrogens with one attached hydrogen (secondary N) is 1. The quantitative estimate of drug-likeness (QED) is 0.862. The summed E-state index contributed by atoms with van der Waals surface area (Å²) in [4.78, 5) is 12.5. The molecule has 0 aromatic heterocycles. The average molecular weight is 352 g/mol. The highest BCUT2D eigenvalue weighted by molar-refractivity contribution is 7.92. The number of carbonyl (C=O) groups excluding carboxylic acids is 1. The molecule has 1 amide bonds. The predicted octanol–water partition coefficient (Wildman–Crippen LogP) is 1.43. The monoisotopic (exact) mass is 352 g/mol. The van der Waals surface area contributed by atoms with Crippen LogP contribution in [0.15, 0.2) is 18.2 Å². The van der Waals surface area contributed by atoms with Gasteiger partial charge in [0.05, 0.1) is 18.0 Å². The third-order valence-corrected chi connectivity index (χ3v) is 6.03. The number of aliphatic hydroxyl groups excluding tert-OH is 1. The van der Waals surface area contributed by atoms with E-state index < -0.39 is 10.0 Å². The number of aryl methyl sites for hydroxylation is 1. The van der Waals surface area contributed by atoms with Gasteiger partial charge in [0.2, 0.25) is 10.0 Å². The molecule has 1 aliphatic carbocycles. The molecule has 24 heavy (non-hydrogen) atoms. The molecule has 0 saturated heterocycles. The van der Waals surface area contributed by atoms with E-state index in [-0.39, 0.29) is 18.1 Å². The van der Waals surface area contributed by atoms with E-state index in [4.69, 9.17) is 0 Å². The normalized spacial score (nSPS) is 24.3. The molecule has 0 atom stereocenters. The van der Waals surface area contributed by atoms with Gasteiger partial charge in [0.15, 0.2) is 0 Å². The Bertz CT molecular complexity index is 724. The van der Waals surface area contributed by atoms with Gasteiger partial charge in [-0.2, -0.15) is 0 Å². The van der Waals surface area contributed by atoms with Crippen molar-refractivity contribution in [2.24, 2.45) is 0 Å². The fourth-order valence-corrected chi connectivity index (χ4v) is 4.53. The van der Waals surface area contributed by atoms with Gasteiger partial charge >= 0.3 is 0 Å². The Labute approximate surface area is 142 Å². The van der Waals surface area contributed by atoms with Crippen LogP contribution in [0.3, 0.4) is 0 Å². The lowest BCUT2D eigenvalue weighted by Gasteiger charge is -2.30. The van der Waals surface area contributed by atoms with Crippen LogP contribution in [0.2, 0.25) is 0 Å². The smallest absolute Gasteiger partial charge is 0.251 e. The van der Waals surface area contributed by atoms with Gasteiger partial charge < -0.3 is 10.4 Å². The molecule has 0 spiro atoms. The number of hydrogen-bond donors (Lipinski definition) is 2. The summed E-state index contributed by atoms with van der Waals surface area (Å²) in [6.45, 7) is 0.488. The van der Waals surface area contributed by atoms with E-state index in [1.807, 2.05) is 0 Å². The Balaban J connectivity index is 1.75. The van der Waals surface area contributed by atoms with E-state index in [1.165, 1.54) is 10.6 Å². The largest absolute Gasteiger partial charge is 0.393 e. The number of hydrogen-bond acceptors (Lipinski definition) is 4. The van der Waals surface area contributed by atoms with Gasteiger partial charge in [-0.1, -0.05) is 0 Å². The summed E-state index contributed by atoms with van der Waals surface area (Å²) < 4.78 is 25.2. The fourth-order valence-electron chi connectivity index (χ4n) is 3.54. The molecule has 0 unspecified atom stereocenters. The standard InChI is InChI=1S/C17H24N2O4S/c1-24(22,23)19-10-2-3-12-11-13(4-9-16(12)19)17(21)18-14-5-7-15(20)8-6-14/h4,9,11,14-15,20H,2-3,5-8,10H2,1H3,(H,18,21). The van der Waals surface area contributed by atoms with Gasteiger partial charge in [-0.25, -0.2) is 8.42 Å². The van der Waals surface area contributed by atoms with Crippen LogP contribution in [0.25, 0.3) is 0 Å². The van der Waals surface area contributed by atoms with Gasteiger partial charge in [-0.15, -0.1) is 0 Å². The van der Waals surface area contributed by atoms with Crippen molar-refractivity contribution in [3.63, 3.8) is 0 Å². The molecule has 132 valence electrons. The Morgan fingerprint density at radius 2 is 1.96 bits per heavy atom. The zero-order chi connectivity index (χ0) is 17.3. The van der Waals surface area contributed by atoms with E-state index in [9.17, 15) is 18.3 Å². The van der Waals surface area contributed by atoms with Gasteiger partial charge in [0.25, 0.3) is 5.91 Å². The molecule has 7 heteroatoms. The van der Waals surface area contributed by atoms with E-state index in [1.54, 1.807) is 18.2 Å². The van der Waals surface area contributed by atoms with Crippen molar-refractivity contribution in [1.82, 2.24) is 5.32 Å². The summed E-state index contributed by atoms with van der Waals surface area (Å²) in [6.07, 6.45) is 5.52. The summed E-state index contributed by atoms with van der Waals surface area (Å²) in [6, 6.07) is 5.33. The Morgan fingerprint density at radius 3 is 2.62 bits per heavy atom. The molecule has 6 nitrogen and oxygen atoms in total. The molecule has 1 aromatic carbocycles. The molecule has 2 N–H and O–H groups in total. The lowest BCUT2D eigenvalue weighted by atomic mass is 9.93. The first-order chi connectivity index (χ1) is 11.3. The van der Waals surface area contributed by atoms with Crippen molar-refractivity contribution in [3.05, 3.63) is 29.3 Å². The second-order valence-corrected chi connectivity index (χ2v) is 8.67. The Morgan fingerprint density at radius 1 is 1.25 bits per heavy atom. The number of carbonyl (C=O) groups is 1. The fraction of sp³-hybridized carbons (Fsp3) is 0.588. The van der Waals surface area contributed by atoms with E-state index in [2.05, 4.69) is 5.32 Å². The molecule has 0 radical (unpaired) electrons. The van der Waals surface area contributed by atoms with Crippen molar-refractivity contribution in [3.8, 4) is 0 Å². The zero-order valence-corrected chi connectivity index (χ0v) is 14.7. The van der Waals surface area contributed by atoms with Gasteiger partial charge in [-0.3, -0.25) is 9.10 Å². The first-order valence-corrected chi connectivity index (χ1v) is 10.3. The first kappa shape index (κ1) is 17.2. The van der Waals surface area contributed by atoms with Crippen LogP contribution < -0.4 is 9.62 Å². The highest BCUT2D eigenvalue weighted by Crippen LogP contribution is 2.30. The van der Waals surface area contributed by atoms with E-state index >= 15 is 0 Å². The van der Waals surface area contributed by atoms with Crippen LogP contribution in [0.5, 0.6) is 0 Å². The minimum absolute atomic E-state index is 0.101. The van der Waals surface area contributed by atoms with Gasteiger partial charge in [0.1, 0.15) is 0 Å². The molecule has 3 rings (SSSR count). The van der Waals surface area contributed by atoms with Crippen LogP contribution >= 0.6 is 0 Å². The van der Waals surface area contributed by atoms with Gasteiger partial charge in [-0.05, 0) is 62.3 Å². The molecule has 1 heterocycles. The maximum Gasteiger partial charge on any atom is 0.251 e. The van der Waals surface area contributed by atoms with Crippen molar-refractivity contribution < 1.29 is 18.3 Å². The SMILES string of the molecule is CS(=O)(=O)N1CCCc2cc(C(=O)NC3CCC(O)CC3)ccc21. The first-order valence-electron chi connectivity index (χ1n) is 8.44. The average Bonchev–Trinajstić information content (AvgIpc) is 2.55. The number of anilines is 1. The molecule has 0 bridgehead atoms. The predicted molar refractivity (Wildman–Crippen MR) is 92.7 cm³/mol. The van der Waals surface area contributed by atoms with Crippen LogP contribution in [-0.2, 0) is 16.4 Å². The lowest BCUT2D eigenvalue weighted by Crippen LogP contribution is -2.39. The maximum absolute atomic E-state index is 12.5. The molecule has 2 aliphatic rings. The minimum atomic E-state index is -3.29. The number of nitrogens with zero attached hydrogens (tertiary/aromatic N) is 1. The number of rotatable bonds is 3.